The van der Waals surface area contributed by atoms with Gasteiger partial charge in [0, 0.05) is 36.6 Å². The molecule has 1 aliphatic rings. The third-order valence-corrected chi connectivity index (χ3v) is 7.73. The van der Waals surface area contributed by atoms with Gasteiger partial charge >= 0.3 is 0 Å². The maximum atomic E-state index is 13.3. The van der Waals surface area contributed by atoms with Crippen LogP contribution in [0.15, 0.2) is 91.0 Å². The Labute approximate surface area is 259 Å². The number of halogens is 2. The van der Waals surface area contributed by atoms with Gasteiger partial charge in [-0.3, -0.25) is 15.6 Å². The summed E-state index contributed by atoms with van der Waals surface area (Å²) in [5, 5.41) is 21.1. The number of nitrogens with two attached hydrogens (primary N) is 1. The molecular formula is C33H38Cl2N6O. The van der Waals surface area contributed by atoms with Gasteiger partial charge in [-0.2, -0.15) is 0 Å². The van der Waals surface area contributed by atoms with Gasteiger partial charge in [-0.15, -0.1) is 24.8 Å². The number of hydrogen-bond acceptors (Lipinski definition) is 4. The average Bonchev–Trinajstić information content (AvgIpc) is 2.97. The zero-order valence-electron chi connectivity index (χ0n) is 23.7. The molecule has 4 aromatic carbocycles. The first kappa shape index (κ1) is 32.4. The predicted molar refractivity (Wildman–Crippen MR) is 179 cm³/mol. The third kappa shape index (κ3) is 7.81. The Morgan fingerprint density at radius 2 is 1.60 bits per heavy atom. The number of carbonyl (C=O) groups is 1. The molecule has 220 valence electrons. The van der Waals surface area contributed by atoms with Crippen molar-refractivity contribution in [2.75, 3.05) is 29.9 Å². The minimum absolute atomic E-state index is 0. The molecule has 0 radical (unpaired) electrons. The Kier molecular flexibility index (Phi) is 11.4. The second-order valence-electron chi connectivity index (χ2n) is 10.5. The van der Waals surface area contributed by atoms with Crippen LogP contribution in [-0.2, 0) is 11.3 Å². The summed E-state index contributed by atoms with van der Waals surface area (Å²) in [7, 11) is 0. The third-order valence-electron chi connectivity index (χ3n) is 7.73. The Balaban J connectivity index is 0.00000242. The molecule has 0 atom stereocenters. The van der Waals surface area contributed by atoms with Crippen LogP contribution in [-0.4, -0.2) is 42.1 Å². The number of benzene rings is 4. The molecule has 0 unspecified atom stereocenters. The Morgan fingerprint density at radius 3 is 2.29 bits per heavy atom. The maximum Gasteiger partial charge on any atom is 0.243 e. The second-order valence-corrected chi connectivity index (χ2v) is 10.5. The molecule has 0 aromatic heterocycles. The monoisotopic (exact) mass is 604 g/mol. The number of amidine groups is 2. The maximum absolute atomic E-state index is 13.3. The number of carbonyl (C=O) groups excluding carboxylic acids is 1. The van der Waals surface area contributed by atoms with Crippen molar-refractivity contribution in [1.82, 2.24) is 4.90 Å². The highest BCUT2D eigenvalue weighted by Crippen LogP contribution is 2.29. The first-order valence-corrected chi connectivity index (χ1v) is 13.7. The standard InChI is InChI=1S/C33H36N6O.2ClH/c1-23(34)38-18-16-25(17-19-38)24-12-14-29(15-13-24)37-32(40)22-39(30-10-5-8-27(20-30)33(35)36)21-28-9-4-7-26-6-2-3-11-31(26)28;;/h2-15,20,25,34H,16-19,21-22H2,1H3,(H3,35,36)(H,37,40);2*1H. The van der Waals surface area contributed by atoms with Crippen molar-refractivity contribution in [3.05, 3.63) is 108 Å². The molecule has 42 heavy (non-hydrogen) atoms. The van der Waals surface area contributed by atoms with Gasteiger partial charge in [0.1, 0.15) is 5.84 Å². The van der Waals surface area contributed by atoms with E-state index in [9.17, 15) is 4.79 Å². The van der Waals surface area contributed by atoms with E-state index >= 15 is 0 Å². The number of likely N-dealkylation sites (tertiary alicyclic amines) is 1. The van der Waals surface area contributed by atoms with E-state index in [-0.39, 0.29) is 43.1 Å². The van der Waals surface area contributed by atoms with Gasteiger partial charge < -0.3 is 20.9 Å². The molecule has 0 aliphatic carbocycles. The van der Waals surface area contributed by atoms with E-state index in [4.69, 9.17) is 16.6 Å². The van der Waals surface area contributed by atoms with E-state index < -0.39 is 0 Å². The summed E-state index contributed by atoms with van der Waals surface area (Å²) in [6, 6.07) is 30.1. The van der Waals surface area contributed by atoms with Crippen molar-refractivity contribution in [1.29, 1.82) is 10.8 Å². The van der Waals surface area contributed by atoms with Gasteiger partial charge in [-0.05, 0) is 71.8 Å². The van der Waals surface area contributed by atoms with Crippen LogP contribution in [0.1, 0.15) is 42.4 Å². The second kappa shape index (κ2) is 14.7. The van der Waals surface area contributed by atoms with Gasteiger partial charge in [0.15, 0.2) is 0 Å². The minimum atomic E-state index is -0.115. The number of hydrogen-bond donors (Lipinski definition) is 4. The van der Waals surface area contributed by atoms with Gasteiger partial charge in [-0.1, -0.05) is 66.7 Å². The fourth-order valence-corrected chi connectivity index (χ4v) is 5.51. The molecular weight excluding hydrogens is 567 g/mol. The van der Waals surface area contributed by atoms with E-state index in [1.165, 1.54) is 5.56 Å². The van der Waals surface area contributed by atoms with Gasteiger partial charge in [-0.25, -0.2) is 0 Å². The van der Waals surface area contributed by atoms with Gasteiger partial charge in [0.25, 0.3) is 0 Å². The molecule has 1 amide bonds. The lowest BCUT2D eigenvalue weighted by atomic mass is 9.89. The van der Waals surface area contributed by atoms with Crippen LogP contribution >= 0.6 is 24.8 Å². The van der Waals surface area contributed by atoms with Crippen LogP contribution in [0.4, 0.5) is 11.4 Å². The van der Waals surface area contributed by atoms with Crippen LogP contribution in [0.2, 0.25) is 0 Å². The quantitative estimate of drug-likeness (QED) is 0.131. The van der Waals surface area contributed by atoms with Crippen LogP contribution in [0, 0.1) is 10.8 Å². The Bertz CT molecular complexity index is 1530. The van der Waals surface area contributed by atoms with Crippen LogP contribution in [0.3, 0.4) is 0 Å². The molecule has 5 N–H and O–H groups in total. The molecule has 4 aromatic rings. The highest BCUT2D eigenvalue weighted by Gasteiger charge is 2.21. The number of nitrogen functional groups attached to an aromatic ring is 1. The summed E-state index contributed by atoms with van der Waals surface area (Å²) in [4.78, 5) is 17.5. The van der Waals surface area contributed by atoms with Crippen molar-refractivity contribution in [2.45, 2.75) is 32.2 Å². The molecule has 1 aliphatic heterocycles. The number of nitrogens with one attached hydrogen (secondary N) is 3. The number of piperidine rings is 1. The van der Waals surface area contributed by atoms with E-state index in [2.05, 4.69) is 46.6 Å². The summed E-state index contributed by atoms with van der Waals surface area (Å²) in [6.45, 7) is 4.35. The molecule has 0 bridgehead atoms. The van der Waals surface area contributed by atoms with Crippen LogP contribution < -0.4 is 16.0 Å². The largest absolute Gasteiger partial charge is 0.384 e. The molecule has 9 heteroatoms. The Hall–Kier alpha value is -4.07. The fraction of sp³-hybridized carbons (Fsp3) is 0.242. The lowest BCUT2D eigenvalue weighted by Gasteiger charge is -2.33. The van der Waals surface area contributed by atoms with E-state index in [0.717, 1.165) is 53.6 Å². The summed E-state index contributed by atoms with van der Waals surface area (Å²) < 4.78 is 0. The first-order chi connectivity index (χ1) is 19.4. The molecule has 1 heterocycles. The molecule has 7 nitrogen and oxygen atoms in total. The van der Waals surface area contributed by atoms with Crippen molar-refractivity contribution in [3.8, 4) is 0 Å². The van der Waals surface area contributed by atoms with Crippen LogP contribution in [0.25, 0.3) is 10.8 Å². The zero-order valence-corrected chi connectivity index (χ0v) is 25.3. The number of anilines is 2. The average molecular weight is 606 g/mol. The molecule has 5 rings (SSSR count). The number of fused-ring (bicyclic) bond motifs is 1. The zero-order chi connectivity index (χ0) is 28.1. The summed E-state index contributed by atoms with van der Waals surface area (Å²) in [5.41, 5.74) is 10.4. The molecule has 1 saturated heterocycles. The fourth-order valence-electron chi connectivity index (χ4n) is 5.51. The summed E-state index contributed by atoms with van der Waals surface area (Å²) in [6.07, 6.45) is 2.06. The first-order valence-electron chi connectivity index (χ1n) is 13.7. The summed E-state index contributed by atoms with van der Waals surface area (Å²) >= 11 is 0. The number of nitrogens with zero attached hydrogens (tertiary/aromatic N) is 2. The number of amides is 1. The lowest BCUT2D eigenvalue weighted by Crippen LogP contribution is -2.36. The molecule has 1 fully saturated rings. The summed E-state index contributed by atoms with van der Waals surface area (Å²) in [5.74, 6) is 0.996. The molecule has 0 saturated carbocycles. The van der Waals surface area contributed by atoms with Crippen molar-refractivity contribution in [2.24, 2.45) is 5.73 Å². The Morgan fingerprint density at radius 1 is 0.929 bits per heavy atom. The predicted octanol–water partition coefficient (Wildman–Crippen LogP) is 6.79. The smallest absolute Gasteiger partial charge is 0.243 e. The van der Waals surface area contributed by atoms with Crippen LogP contribution in [0.5, 0.6) is 0 Å². The topological polar surface area (TPSA) is 109 Å². The SMILES string of the molecule is CC(=N)N1CCC(c2ccc(NC(=O)CN(Cc3cccc4ccccc34)c3cccc(C(=N)N)c3)cc2)CC1.Cl.Cl. The molecule has 0 spiro atoms. The van der Waals surface area contributed by atoms with Crippen molar-refractivity contribution >= 4 is 64.5 Å². The lowest BCUT2D eigenvalue weighted by molar-refractivity contribution is -0.115. The van der Waals surface area contributed by atoms with Crippen molar-refractivity contribution < 1.29 is 4.79 Å². The highest BCUT2D eigenvalue weighted by molar-refractivity contribution is 5.97. The highest BCUT2D eigenvalue weighted by atomic mass is 35.5. The van der Waals surface area contributed by atoms with Gasteiger partial charge in [0.2, 0.25) is 5.91 Å². The minimum Gasteiger partial charge on any atom is -0.384 e. The van der Waals surface area contributed by atoms with E-state index in [0.29, 0.717) is 23.9 Å². The van der Waals surface area contributed by atoms with Crippen molar-refractivity contribution in [3.63, 3.8) is 0 Å². The normalized spacial score (nSPS) is 13.0. The number of rotatable bonds is 8. The van der Waals surface area contributed by atoms with E-state index in [1.54, 1.807) is 6.07 Å². The van der Waals surface area contributed by atoms with E-state index in [1.807, 2.05) is 60.4 Å². The van der Waals surface area contributed by atoms with Gasteiger partial charge in [0.05, 0.1) is 12.4 Å².